The van der Waals surface area contributed by atoms with E-state index >= 15 is 0 Å². The number of carbonyl (C=O) groups is 4. The van der Waals surface area contributed by atoms with Gasteiger partial charge >= 0.3 is 24.0 Å². The zero-order valence-corrected chi connectivity index (χ0v) is 18.1. The summed E-state index contributed by atoms with van der Waals surface area (Å²) < 4.78 is 15.5. The highest BCUT2D eigenvalue weighted by atomic mass is 16.6. The molecular weight excluding hydrogens is 384 g/mol. The molecule has 0 aliphatic heterocycles. The van der Waals surface area contributed by atoms with Crippen molar-refractivity contribution in [2.75, 3.05) is 19.7 Å². The predicted molar refractivity (Wildman–Crippen MR) is 104 cm³/mol. The van der Waals surface area contributed by atoms with E-state index in [2.05, 4.69) is 10.6 Å². The van der Waals surface area contributed by atoms with E-state index in [0.717, 1.165) is 0 Å². The molecule has 0 saturated carbocycles. The summed E-state index contributed by atoms with van der Waals surface area (Å²) in [7, 11) is 0. The highest BCUT2D eigenvalue weighted by Crippen LogP contribution is 2.12. The van der Waals surface area contributed by atoms with E-state index in [0.29, 0.717) is 0 Å². The van der Waals surface area contributed by atoms with Gasteiger partial charge in [0.25, 0.3) is 0 Å². The summed E-state index contributed by atoms with van der Waals surface area (Å²) in [5.74, 6) is -2.16. The summed E-state index contributed by atoms with van der Waals surface area (Å²) in [6.07, 6.45) is -0.960. The molecule has 0 aromatic heterocycles. The third-order valence-electron chi connectivity index (χ3n) is 3.07. The molecule has 0 saturated heterocycles. The molecule has 0 unspecified atom stereocenters. The summed E-state index contributed by atoms with van der Waals surface area (Å²) in [5.41, 5.74) is -1.41. The number of nitrogens with one attached hydrogen (secondary N) is 2. The lowest BCUT2D eigenvalue weighted by molar-refractivity contribution is -0.155. The van der Waals surface area contributed by atoms with Gasteiger partial charge in [0.05, 0.1) is 6.42 Å². The molecule has 0 spiro atoms. The van der Waals surface area contributed by atoms with E-state index in [1.165, 1.54) is 0 Å². The lowest BCUT2D eigenvalue weighted by Gasteiger charge is -2.23. The molecule has 0 aromatic rings. The molecule has 168 valence electrons. The fourth-order valence-electron chi connectivity index (χ4n) is 2.00. The van der Waals surface area contributed by atoms with E-state index in [1.54, 1.807) is 41.5 Å². The van der Waals surface area contributed by atoms with Crippen LogP contribution in [0.15, 0.2) is 0 Å². The van der Waals surface area contributed by atoms with Crippen LogP contribution < -0.4 is 10.6 Å². The van der Waals surface area contributed by atoms with E-state index in [1.807, 2.05) is 0 Å². The Kier molecular flexibility index (Phi) is 11.3. The fourth-order valence-corrected chi connectivity index (χ4v) is 2.00. The first kappa shape index (κ1) is 26.6. The molecule has 0 heterocycles. The van der Waals surface area contributed by atoms with Crippen LogP contribution in [0.5, 0.6) is 0 Å². The molecule has 10 heteroatoms. The largest absolute Gasteiger partial charge is 0.481 e. The van der Waals surface area contributed by atoms with Gasteiger partial charge in [-0.3, -0.25) is 9.59 Å². The van der Waals surface area contributed by atoms with Gasteiger partial charge in [-0.15, -0.1) is 0 Å². The van der Waals surface area contributed by atoms with Gasteiger partial charge in [0.1, 0.15) is 23.9 Å². The number of amides is 1. The van der Waals surface area contributed by atoms with Crippen LogP contribution in [0.2, 0.25) is 0 Å². The number of hydrogen-bond acceptors (Lipinski definition) is 8. The van der Waals surface area contributed by atoms with Crippen molar-refractivity contribution in [2.24, 2.45) is 0 Å². The second kappa shape index (κ2) is 12.3. The number of hydrogen-bond donors (Lipinski definition) is 3. The first-order chi connectivity index (χ1) is 13.2. The van der Waals surface area contributed by atoms with Gasteiger partial charge < -0.3 is 30.0 Å². The molecule has 10 nitrogen and oxygen atoms in total. The van der Waals surface area contributed by atoms with Crippen LogP contribution in [0.3, 0.4) is 0 Å². The maximum absolute atomic E-state index is 12.3. The standard InChI is InChI=1S/C19H34N2O8/c1-18(2,3)28-15(24)8-7-13(21-17(26)29-19(4,5)6)16(25)27-12-11-20-10-9-14(22)23/h13,20H,7-12H2,1-6H3,(H,21,26)(H,22,23)/t13-/m0/s1. The number of alkyl carbamates (subject to hydrolysis) is 1. The molecule has 0 radical (unpaired) electrons. The molecule has 3 N–H and O–H groups in total. The Balaban J connectivity index is 4.67. The molecule has 1 amide bonds. The van der Waals surface area contributed by atoms with Crippen molar-refractivity contribution in [1.29, 1.82) is 0 Å². The third kappa shape index (κ3) is 16.3. The number of aliphatic carboxylic acids is 1. The number of ether oxygens (including phenoxy) is 3. The van der Waals surface area contributed by atoms with Crippen molar-refractivity contribution in [3.63, 3.8) is 0 Å². The quantitative estimate of drug-likeness (QED) is 0.259. The van der Waals surface area contributed by atoms with Crippen LogP contribution in [-0.4, -0.2) is 66.0 Å². The average Bonchev–Trinajstić information content (AvgIpc) is 2.50. The van der Waals surface area contributed by atoms with Crippen molar-refractivity contribution in [3.05, 3.63) is 0 Å². The van der Waals surface area contributed by atoms with Crippen LogP contribution in [0.25, 0.3) is 0 Å². The molecule has 0 rings (SSSR count). The van der Waals surface area contributed by atoms with Gasteiger partial charge in [-0.25, -0.2) is 9.59 Å². The van der Waals surface area contributed by atoms with E-state index < -0.39 is 41.2 Å². The first-order valence-electron chi connectivity index (χ1n) is 9.50. The Morgan fingerprint density at radius 2 is 1.48 bits per heavy atom. The van der Waals surface area contributed by atoms with Crippen molar-refractivity contribution in [2.45, 2.75) is 78.0 Å². The Hall–Kier alpha value is -2.36. The fraction of sp³-hybridized carbons (Fsp3) is 0.789. The molecule has 1 atom stereocenters. The van der Waals surface area contributed by atoms with Gasteiger partial charge in [0.2, 0.25) is 0 Å². The Labute approximate surface area is 171 Å². The topological polar surface area (TPSA) is 140 Å². The maximum atomic E-state index is 12.3. The average molecular weight is 418 g/mol. The lowest BCUT2D eigenvalue weighted by Crippen LogP contribution is -2.45. The SMILES string of the molecule is CC(C)(C)OC(=O)CC[C@H](NC(=O)OC(C)(C)C)C(=O)OCCNCCC(=O)O. The summed E-state index contributed by atoms with van der Waals surface area (Å²) in [4.78, 5) is 46.7. The zero-order valence-electron chi connectivity index (χ0n) is 18.1. The number of carbonyl (C=O) groups excluding carboxylic acids is 3. The minimum absolute atomic E-state index is 0.0145. The lowest BCUT2D eigenvalue weighted by atomic mass is 10.1. The van der Waals surface area contributed by atoms with Crippen LogP contribution in [0.4, 0.5) is 4.79 Å². The van der Waals surface area contributed by atoms with Crippen LogP contribution in [0, 0.1) is 0 Å². The minimum atomic E-state index is -1.09. The van der Waals surface area contributed by atoms with Gasteiger partial charge in [-0.1, -0.05) is 0 Å². The molecule has 0 aliphatic carbocycles. The normalized spacial score (nSPS) is 12.6. The minimum Gasteiger partial charge on any atom is -0.481 e. The Morgan fingerprint density at radius 3 is 2.00 bits per heavy atom. The van der Waals surface area contributed by atoms with E-state index in [-0.39, 0.29) is 39.0 Å². The molecular formula is C19H34N2O8. The molecule has 0 aliphatic rings. The predicted octanol–water partition coefficient (Wildman–Crippen LogP) is 1.61. The van der Waals surface area contributed by atoms with Gasteiger partial charge in [0.15, 0.2) is 0 Å². The zero-order chi connectivity index (χ0) is 22.7. The summed E-state index contributed by atoms with van der Waals surface area (Å²) in [6, 6.07) is -1.09. The maximum Gasteiger partial charge on any atom is 0.408 e. The van der Waals surface area contributed by atoms with Crippen LogP contribution in [0.1, 0.15) is 60.8 Å². The van der Waals surface area contributed by atoms with Gasteiger partial charge in [0, 0.05) is 19.5 Å². The third-order valence-corrected chi connectivity index (χ3v) is 3.07. The monoisotopic (exact) mass is 418 g/mol. The van der Waals surface area contributed by atoms with Gasteiger partial charge in [-0.05, 0) is 48.0 Å². The number of carboxylic acid groups (broad SMARTS) is 1. The highest BCUT2D eigenvalue weighted by Gasteiger charge is 2.27. The Bertz CT molecular complexity index is 564. The Morgan fingerprint density at radius 1 is 0.897 bits per heavy atom. The first-order valence-corrected chi connectivity index (χ1v) is 9.50. The molecule has 0 aromatic carbocycles. The summed E-state index contributed by atoms with van der Waals surface area (Å²) in [6.45, 7) is 10.7. The van der Waals surface area contributed by atoms with Crippen molar-refractivity contribution in [1.82, 2.24) is 10.6 Å². The van der Waals surface area contributed by atoms with E-state index in [9.17, 15) is 19.2 Å². The molecule has 0 bridgehead atoms. The second-order valence-electron chi connectivity index (χ2n) is 8.39. The smallest absolute Gasteiger partial charge is 0.408 e. The van der Waals surface area contributed by atoms with E-state index in [4.69, 9.17) is 19.3 Å². The van der Waals surface area contributed by atoms with Crippen LogP contribution in [-0.2, 0) is 28.6 Å². The molecule has 0 fully saturated rings. The number of rotatable bonds is 11. The van der Waals surface area contributed by atoms with Crippen molar-refractivity contribution < 1.29 is 38.5 Å². The van der Waals surface area contributed by atoms with Gasteiger partial charge in [-0.2, -0.15) is 0 Å². The summed E-state index contributed by atoms with van der Waals surface area (Å²) >= 11 is 0. The number of carboxylic acids is 1. The molecule has 29 heavy (non-hydrogen) atoms. The number of esters is 2. The second-order valence-corrected chi connectivity index (χ2v) is 8.39. The van der Waals surface area contributed by atoms with Crippen LogP contribution >= 0.6 is 0 Å². The summed E-state index contributed by atoms with van der Waals surface area (Å²) in [5, 5.41) is 13.8. The highest BCUT2D eigenvalue weighted by molar-refractivity contribution is 5.82. The van der Waals surface area contributed by atoms with Crippen molar-refractivity contribution in [3.8, 4) is 0 Å². The van der Waals surface area contributed by atoms with Crippen molar-refractivity contribution >= 4 is 24.0 Å².